The van der Waals surface area contributed by atoms with Crippen molar-refractivity contribution in [3.8, 4) is 0 Å². The molecule has 0 bridgehead atoms. The molecule has 1 saturated heterocycles. The zero-order valence-electron chi connectivity index (χ0n) is 11.8. The molecular weight excluding hydrogens is 254 g/mol. The van der Waals surface area contributed by atoms with Gasteiger partial charge in [-0.05, 0) is 51.1 Å². The Morgan fingerprint density at radius 1 is 1.35 bits per heavy atom. The van der Waals surface area contributed by atoms with Gasteiger partial charge < -0.3 is 15.2 Å². The van der Waals surface area contributed by atoms with Gasteiger partial charge in [0.1, 0.15) is 6.33 Å². The normalized spacial score (nSPS) is 20.0. The molecule has 1 aliphatic heterocycles. The van der Waals surface area contributed by atoms with Crippen LogP contribution >= 0.6 is 0 Å². The number of nitrogens with one attached hydrogen (secondary N) is 2. The third kappa shape index (κ3) is 3.56. The summed E-state index contributed by atoms with van der Waals surface area (Å²) in [5.41, 5.74) is 0. The van der Waals surface area contributed by atoms with Crippen LogP contribution in [0, 0.1) is 5.92 Å². The molecule has 0 unspecified atom stereocenters. The van der Waals surface area contributed by atoms with Crippen molar-refractivity contribution < 1.29 is 4.79 Å². The molecule has 0 radical (unpaired) electrons. The third-order valence-electron chi connectivity index (χ3n) is 4.27. The highest BCUT2D eigenvalue weighted by atomic mass is 16.1. The Kier molecular flexibility index (Phi) is 4.30. The molecule has 0 aromatic carbocycles. The summed E-state index contributed by atoms with van der Waals surface area (Å²) in [5, 5.41) is 14.3. The van der Waals surface area contributed by atoms with Crippen LogP contribution in [0.15, 0.2) is 6.33 Å². The molecule has 1 aromatic rings. The molecular formula is C14H23N5O. The Bertz CT molecular complexity index is 448. The maximum absolute atomic E-state index is 11.9. The fourth-order valence-corrected chi connectivity index (χ4v) is 2.82. The van der Waals surface area contributed by atoms with Gasteiger partial charge in [-0.15, -0.1) is 10.2 Å². The molecule has 2 heterocycles. The number of nitrogens with zero attached hydrogens (tertiary/aromatic N) is 3. The van der Waals surface area contributed by atoms with Crippen molar-refractivity contribution >= 4 is 5.91 Å². The van der Waals surface area contributed by atoms with Gasteiger partial charge in [0.25, 0.3) is 0 Å². The summed E-state index contributed by atoms with van der Waals surface area (Å²) < 4.78 is 2.09. The molecule has 2 aliphatic rings. The first-order valence-corrected chi connectivity index (χ1v) is 7.68. The van der Waals surface area contributed by atoms with Crippen molar-refractivity contribution in [2.24, 2.45) is 5.92 Å². The van der Waals surface area contributed by atoms with E-state index in [1.54, 1.807) is 6.33 Å². The summed E-state index contributed by atoms with van der Waals surface area (Å²) in [4.78, 5) is 11.9. The minimum Gasteiger partial charge on any atom is -0.349 e. The first-order valence-electron chi connectivity index (χ1n) is 7.68. The highest BCUT2D eigenvalue weighted by Gasteiger charge is 2.26. The fraction of sp³-hybridized carbons (Fsp3) is 0.786. The molecule has 0 spiro atoms. The zero-order valence-corrected chi connectivity index (χ0v) is 11.8. The maximum atomic E-state index is 11.9. The summed E-state index contributed by atoms with van der Waals surface area (Å²) in [5.74, 6) is 1.72. The highest BCUT2D eigenvalue weighted by Crippen LogP contribution is 2.35. The third-order valence-corrected chi connectivity index (χ3v) is 4.27. The second kappa shape index (κ2) is 6.35. The van der Waals surface area contributed by atoms with Crippen LogP contribution in [0.3, 0.4) is 0 Å². The van der Waals surface area contributed by atoms with Crippen molar-refractivity contribution in [3.63, 3.8) is 0 Å². The number of hydrogen-bond donors (Lipinski definition) is 2. The number of carbonyl (C=O) groups is 1. The van der Waals surface area contributed by atoms with Crippen molar-refractivity contribution in [3.05, 3.63) is 12.2 Å². The zero-order chi connectivity index (χ0) is 13.8. The smallest absolute Gasteiger partial charge is 0.220 e. The molecule has 20 heavy (non-hydrogen) atoms. The van der Waals surface area contributed by atoms with Crippen LogP contribution in [0.1, 0.15) is 50.4 Å². The number of carbonyl (C=O) groups excluding carboxylic acids is 1. The van der Waals surface area contributed by atoms with Gasteiger partial charge in [-0.2, -0.15) is 0 Å². The summed E-state index contributed by atoms with van der Waals surface area (Å²) in [6, 6.07) is 0.562. The van der Waals surface area contributed by atoms with Gasteiger partial charge in [-0.3, -0.25) is 4.79 Å². The van der Waals surface area contributed by atoms with Gasteiger partial charge in [0, 0.05) is 12.5 Å². The van der Waals surface area contributed by atoms with E-state index in [4.69, 9.17) is 0 Å². The Morgan fingerprint density at radius 3 is 2.90 bits per heavy atom. The topological polar surface area (TPSA) is 71.8 Å². The molecule has 2 N–H and O–H groups in total. The first-order chi connectivity index (χ1) is 9.83. The van der Waals surface area contributed by atoms with Gasteiger partial charge >= 0.3 is 0 Å². The van der Waals surface area contributed by atoms with Crippen LogP contribution in [0.4, 0.5) is 0 Å². The average molecular weight is 277 g/mol. The predicted molar refractivity (Wildman–Crippen MR) is 75.0 cm³/mol. The standard InChI is InChI=1S/C14H23N5O/c20-14(4-1-11-5-7-15-8-6-11)16-9-13-18-17-10-19(13)12-2-3-12/h10-12,15H,1-9H2,(H,16,20). The lowest BCUT2D eigenvalue weighted by Crippen LogP contribution is -2.29. The van der Waals surface area contributed by atoms with Gasteiger partial charge in [0.2, 0.25) is 5.91 Å². The van der Waals surface area contributed by atoms with Gasteiger partial charge in [0.15, 0.2) is 5.82 Å². The van der Waals surface area contributed by atoms with Crippen molar-refractivity contribution in [2.75, 3.05) is 13.1 Å². The first kappa shape index (κ1) is 13.5. The lowest BCUT2D eigenvalue weighted by atomic mass is 9.93. The Balaban J connectivity index is 1.39. The second-order valence-corrected chi connectivity index (χ2v) is 5.89. The Morgan fingerprint density at radius 2 is 2.15 bits per heavy atom. The van der Waals surface area contributed by atoms with E-state index in [0.717, 1.165) is 25.3 Å². The van der Waals surface area contributed by atoms with Crippen LogP contribution in [-0.4, -0.2) is 33.8 Å². The molecule has 0 atom stereocenters. The monoisotopic (exact) mass is 277 g/mol. The van der Waals surface area contributed by atoms with Crippen LogP contribution in [-0.2, 0) is 11.3 Å². The molecule has 110 valence electrons. The van der Waals surface area contributed by atoms with E-state index >= 15 is 0 Å². The molecule has 6 heteroatoms. The summed E-state index contributed by atoms with van der Waals surface area (Å²) in [6.07, 6.45) is 8.20. The van der Waals surface area contributed by atoms with E-state index in [1.807, 2.05) is 0 Å². The van der Waals surface area contributed by atoms with Gasteiger partial charge in [-0.25, -0.2) is 0 Å². The SMILES string of the molecule is O=C(CCC1CCNCC1)NCc1nncn1C1CC1. The number of aromatic nitrogens is 3. The summed E-state index contributed by atoms with van der Waals surface area (Å²) in [7, 11) is 0. The molecule has 2 fully saturated rings. The van der Waals surface area contributed by atoms with E-state index in [2.05, 4.69) is 25.4 Å². The lowest BCUT2D eigenvalue weighted by Gasteiger charge is -2.22. The van der Waals surface area contributed by atoms with Crippen molar-refractivity contribution in [1.29, 1.82) is 0 Å². The largest absolute Gasteiger partial charge is 0.349 e. The molecule has 1 aliphatic carbocycles. The molecule has 1 amide bonds. The minimum atomic E-state index is 0.133. The number of amides is 1. The van der Waals surface area contributed by atoms with Gasteiger partial charge in [0.05, 0.1) is 6.54 Å². The van der Waals surface area contributed by atoms with Crippen LogP contribution < -0.4 is 10.6 Å². The molecule has 6 nitrogen and oxygen atoms in total. The summed E-state index contributed by atoms with van der Waals surface area (Å²) in [6.45, 7) is 2.69. The number of hydrogen-bond acceptors (Lipinski definition) is 4. The summed E-state index contributed by atoms with van der Waals surface area (Å²) >= 11 is 0. The molecule has 1 aromatic heterocycles. The maximum Gasteiger partial charge on any atom is 0.220 e. The van der Waals surface area contributed by atoms with E-state index in [9.17, 15) is 4.79 Å². The van der Waals surface area contributed by atoms with E-state index in [-0.39, 0.29) is 5.91 Å². The van der Waals surface area contributed by atoms with Crippen LogP contribution in [0.25, 0.3) is 0 Å². The average Bonchev–Trinajstić information content (AvgIpc) is 3.22. The fourth-order valence-electron chi connectivity index (χ4n) is 2.82. The van der Waals surface area contributed by atoms with Gasteiger partial charge in [-0.1, -0.05) is 0 Å². The Labute approximate surface area is 119 Å². The van der Waals surface area contributed by atoms with Crippen molar-refractivity contribution in [1.82, 2.24) is 25.4 Å². The highest BCUT2D eigenvalue weighted by molar-refractivity contribution is 5.75. The van der Waals surface area contributed by atoms with Crippen LogP contribution in [0.2, 0.25) is 0 Å². The molecule has 1 saturated carbocycles. The van der Waals surface area contributed by atoms with E-state index < -0.39 is 0 Å². The predicted octanol–water partition coefficient (Wildman–Crippen LogP) is 1.01. The molecule has 3 rings (SSSR count). The number of piperidine rings is 1. The lowest BCUT2D eigenvalue weighted by molar-refractivity contribution is -0.121. The van der Waals surface area contributed by atoms with E-state index in [0.29, 0.717) is 24.9 Å². The second-order valence-electron chi connectivity index (χ2n) is 5.89. The van der Waals surface area contributed by atoms with Crippen LogP contribution in [0.5, 0.6) is 0 Å². The van der Waals surface area contributed by atoms with E-state index in [1.165, 1.54) is 25.7 Å². The minimum absolute atomic E-state index is 0.133. The number of rotatable bonds is 6. The quantitative estimate of drug-likeness (QED) is 0.814. The van der Waals surface area contributed by atoms with Crippen molar-refractivity contribution in [2.45, 2.75) is 51.1 Å². The Hall–Kier alpha value is -1.43.